The van der Waals surface area contributed by atoms with E-state index in [0.29, 0.717) is 28.1 Å². The van der Waals surface area contributed by atoms with E-state index in [2.05, 4.69) is 10.6 Å². The van der Waals surface area contributed by atoms with E-state index in [0.717, 1.165) is 0 Å². The highest BCUT2D eigenvalue weighted by Crippen LogP contribution is 2.23. The van der Waals surface area contributed by atoms with Crippen LogP contribution in [0.15, 0.2) is 48.2 Å². The van der Waals surface area contributed by atoms with Gasteiger partial charge in [-0.05, 0) is 36.4 Å². The van der Waals surface area contributed by atoms with E-state index in [9.17, 15) is 19.6 Å². The molecule has 0 aliphatic rings. The van der Waals surface area contributed by atoms with Gasteiger partial charge in [0.1, 0.15) is 23.9 Å². The normalized spacial score (nSPS) is 10.5. The molecule has 0 spiro atoms. The molecule has 0 bridgehead atoms. The first kappa shape index (κ1) is 26.6. The summed E-state index contributed by atoms with van der Waals surface area (Å²) in [4.78, 5) is 37.5. The monoisotopic (exact) mass is 477 g/mol. The molecule has 2 aromatic carbocycles. The fraction of sp³-hybridized carbons (Fsp3) is 0.240. The number of nitrogens with one attached hydrogen (secondary N) is 3. The van der Waals surface area contributed by atoms with Crippen molar-refractivity contribution in [3.8, 4) is 11.8 Å². The summed E-state index contributed by atoms with van der Waals surface area (Å²) in [6.45, 7) is 1.51. The predicted molar refractivity (Wildman–Crippen MR) is 130 cm³/mol. The van der Waals surface area contributed by atoms with Gasteiger partial charge in [-0.1, -0.05) is 12.1 Å². The van der Waals surface area contributed by atoms with Crippen LogP contribution in [0.4, 0.5) is 0 Å². The van der Waals surface area contributed by atoms with Crippen LogP contribution in [-0.2, 0) is 14.3 Å². The second-order valence-electron chi connectivity index (χ2n) is 7.52. The lowest BCUT2D eigenvalue weighted by molar-refractivity contribution is -0.137. The lowest BCUT2D eigenvalue weighted by Crippen LogP contribution is -2.28. The molecule has 0 fully saturated rings. The number of amides is 2. The summed E-state index contributed by atoms with van der Waals surface area (Å²) in [6, 6.07) is 13.3. The Morgan fingerprint density at radius 2 is 1.77 bits per heavy atom. The van der Waals surface area contributed by atoms with Crippen LogP contribution in [0.25, 0.3) is 6.08 Å². The number of carbonyl (C=O) groups is 3. The summed E-state index contributed by atoms with van der Waals surface area (Å²) in [5, 5.41) is 22.3. The third kappa shape index (κ3) is 7.71. The molecular weight excluding hydrogens is 450 g/mol. The minimum absolute atomic E-state index is 0.0819. The van der Waals surface area contributed by atoms with Crippen LogP contribution < -0.4 is 15.4 Å². The molecule has 0 aliphatic carbocycles. The van der Waals surface area contributed by atoms with Gasteiger partial charge in [-0.15, -0.1) is 0 Å². The van der Waals surface area contributed by atoms with Crippen LogP contribution in [0.3, 0.4) is 0 Å². The van der Waals surface area contributed by atoms with Crippen molar-refractivity contribution in [2.24, 2.45) is 0 Å². The number of hydrogen-bond acceptors (Lipinski definition) is 7. The quantitative estimate of drug-likeness (QED) is 0.164. The van der Waals surface area contributed by atoms with Crippen LogP contribution in [0.1, 0.15) is 34.0 Å². The number of hydrogen-bond donors (Lipinski definition) is 3. The van der Waals surface area contributed by atoms with Crippen LogP contribution in [0.5, 0.6) is 5.75 Å². The van der Waals surface area contributed by atoms with Gasteiger partial charge in [0.2, 0.25) is 5.91 Å². The fourth-order valence-corrected chi connectivity index (χ4v) is 2.91. The first-order chi connectivity index (χ1) is 16.7. The highest BCUT2D eigenvalue weighted by atomic mass is 16.5. The average molecular weight is 478 g/mol. The molecule has 0 radical (unpaired) electrons. The molecule has 2 aromatic rings. The first-order valence-corrected chi connectivity index (χ1v) is 10.5. The maximum absolute atomic E-state index is 12.4. The Kier molecular flexibility index (Phi) is 9.54. The van der Waals surface area contributed by atoms with Crippen molar-refractivity contribution in [2.45, 2.75) is 6.92 Å². The Balaban J connectivity index is 2.08. The largest absolute Gasteiger partial charge is 0.491 e. The van der Waals surface area contributed by atoms with E-state index in [1.54, 1.807) is 55.4 Å². The maximum Gasteiger partial charge on any atom is 0.354 e. The van der Waals surface area contributed by atoms with Crippen molar-refractivity contribution in [1.29, 1.82) is 10.7 Å². The minimum Gasteiger partial charge on any atom is -0.491 e. The molecule has 35 heavy (non-hydrogen) atoms. The fourth-order valence-electron chi connectivity index (χ4n) is 2.91. The van der Waals surface area contributed by atoms with Gasteiger partial charge in [0.05, 0.1) is 25.3 Å². The predicted octanol–water partition coefficient (Wildman–Crippen LogP) is 1.90. The smallest absolute Gasteiger partial charge is 0.354 e. The van der Waals surface area contributed by atoms with Crippen molar-refractivity contribution < 1.29 is 23.9 Å². The molecule has 0 heterocycles. The highest BCUT2D eigenvalue weighted by molar-refractivity contribution is 5.99. The number of rotatable bonds is 9. The van der Waals surface area contributed by atoms with Gasteiger partial charge in [-0.25, -0.2) is 4.79 Å². The van der Waals surface area contributed by atoms with Gasteiger partial charge in [-0.2, -0.15) is 5.26 Å². The van der Waals surface area contributed by atoms with Gasteiger partial charge < -0.3 is 25.0 Å². The Hall–Kier alpha value is -4.65. The highest BCUT2D eigenvalue weighted by Gasteiger charge is 2.14. The molecule has 2 amide bonds. The molecule has 0 saturated carbocycles. The number of amidine groups is 1. The molecular formula is C25H27N5O5. The number of ether oxygens (including phenoxy) is 2. The van der Waals surface area contributed by atoms with Crippen molar-refractivity contribution >= 4 is 29.7 Å². The molecule has 0 unspecified atom stereocenters. The first-order valence-electron chi connectivity index (χ1n) is 10.5. The lowest BCUT2D eigenvalue weighted by Gasteiger charge is -2.14. The zero-order valence-corrected chi connectivity index (χ0v) is 20.0. The number of benzene rings is 2. The van der Waals surface area contributed by atoms with Crippen molar-refractivity contribution in [3.05, 3.63) is 70.4 Å². The van der Waals surface area contributed by atoms with Crippen molar-refractivity contribution in [3.63, 3.8) is 0 Å². The standard InChI is InChI=1S/C25H27N5O5/c1-16(31)29-21(25(33)34-4)14-20-6-5-17(15-26)13-22(20)35-12-11-28-24(32)19-9-7-18(8-10-19)23(27)30(2)3/h5-10,13-14,27H,11-12H2,1-4H3,(H,28,32)(H,29,31). The number of esters is 1. The molecule has 0 aromatic heterocycles. The molecule has 182 valence electrons. The second-order valence-corrected chi connectivity index (χ2v) is 7.52. The SMILES string of the molecule is COC(=O)C(=Cc1ccc(C#N)cc1OCCNC(=O)c1ccc(C(=N)N(C)C)cc1)NC(C)=O. The number of methoxy groups -OCH3 is 1. The summed E-state index contributed by atoms with van der Waals surface area (Å²) in [7, 11) is 4.73. The van der Waals surface area contributed by atoms with E-state index in [4.69, 9.17) is 14.9 Å². The Labute approximate surface area is 203 Å². The molecule has 10 heteroatoms. The number of carbonyl (C=O) groups excluding carboxylic acids is 3. The molecule has 0 aliphatic heterocycles. The van der Waals surface area contributed by atoms with E-state index >= 15 is 0 Å². The molecule has 3 N–H and O–H groups in total. The van der Waals surface area contributed by atoms with E-state index < -0.39 is 11.9 Å². The number of nitrogens with zero attached hydrogens (tertiary/aromatic N) is 2. The van der Waals surface area contributed by atoms with Crippen LogP contribution in [-0.4, -0.2) is 62.9 Å². The second kappa shape index (κ2) is 12.6. The minimum atomic E-state index is -0.741. The molecule has 10 nitrogen and oxygen atoms in total. The van der Waals surface area contributed by atoms with E-state index in [-0.39, 0.29) is 30.5 Å². The van der Waals surface area contributed by atoms with Gasteiger partial charge in [0.15, 0.2) is 0 Å². The topological polar surface area (TPSA) is 145 Å². The summed E-state index contributed by atoms with van der Waals surface area (Å²) < 4.78 is 10.4. The average Bonchev–Trinajstić information content (AvgIpc) is 2.85. The Morgan fingerprint density at radius 1 is 1.11 bits per heavy atom. The Bertz CT molecular complexity index is 1180. The van der Waals surface area contributed by atoms with Gasteiger partial charge in [0, 0.05) is 37.7 Å². The van der Waals surface area contributed by atoms with Crippen LogP contribution in [0.2, 0.25) is 0 Å². The lowest BCUT2D eigenvalue weighted by atomic mass is 10.1. The third-order valence-corrected chi connectivity index (χ3v) is 4.67. The summed E-state index contributed by atoms with van der Waals surface area (Å²) in [5.41, 5.74) is 1.81. The zero-order chi connectivity index (χ0) is 26.0. The van der Waals surface area contributed by atoms with Crippen LogP contribution in [0, 0.1) is 16.7 Å². The van der Waals surface area contributed by atoms with Gasteiger partial charge in [0.25, 0.3) is 5.91 Å². The summed E-state index contributed by atoms with van der Waals surface area (Å²) in [6.07, 6.45) is 1.38. The summed E-state index contributed by atoms with van der Waals surface area (Å²) >= 11 is 0. The van der Waals surface area contributed by atoms with E-state index in [1.807, 2.05) is 6.07 Å². The summed E-state index contributed by atoms with van der Waals surface area (Å²) in [5.74, 6) is -0.872. The Morgan fingerprint density at radius 3 is 2.34 bits per heavy atom. The van der Waals surface area contributed by atoms with E-state index in [1.165, 1.54) is 26.2 Å². The van der Waals surface area contributed by atoms with Crippen molar-refractivity contribution in [1.82, 2.24) is 15.5 Å². The molecule has 2 rings (SSSR count). The molecule has 0 atom stereocenters. The third-order valence-electron chi connectivity index (χ3n) is 4.67. The zero-order valence-electron chi connectivity index (χ0n) is 20.0. The number of nitriles is 1. The maximum atomic E-state index is 12.4. The van der Waals surface area contributed by atoms with Gasteiger partial charge in [-0.3, -0.25) is 15.0 Å². The van der Waals surface area contributed by atoms with Crippen molar-refractivity contribution in [2.75, 3.05) is 34.4 Å². The van der Waals surface area contributed by atoms with Gasteiger partial charge >= 0.3 is 5.97 Å². The molecule has 0 saturated heterocycles. The van der Waals surface area contributed by atoms with Crippen LogP contribution >= 0.6 is 0 Å².